The number of carbonyl (C=O) groups excluding carboxylic acids is 1. The van der Waals surface area contributed by atoms with E-state index >= 15 is 0 Å². The summed E-state index contributed by atoms with van der Waals surface area (Å²) in [6, 6.07) is 5.74. The van der Waals surface area contributed by atoms with Gasteiger partial charge >= 0.3 is 0 Å². The molecule has 92 valence electrons. The van der Waals surface area contributed by atoms with Crippen LogP contribution in [0.5, 0.6) is 0 Å². The SMILES string of the molecule is CNc1cccc(NCCNC(=O)C2CC2)n1. The van der Waals surface area contributed by atoms with E-state index in [9.17, 15) is 4.79 Å². The molecule has 1 fully saturated rings. The van der Waals surface area contributed by atoms with Gasteiger partial charge in [0.1, 0.15) is 11.6 Å². The fraction of sp³-hybridized carbons (Fsp3) is 0.500. The first-order valence-electron chi connectivity index (χ1n) is 5.96. The van der Waals surface area contributed by atoms with E-state index in [-0.39, 0.29) is 11.8 Å². The molecule has 0 saturated heterocycles. The minimum atomic E-state index is 0.184. The fourth-order valence-corrected chi connectivity index (χ4v) is 1.54. The largest absolute Gasteiger partial charge is 0.373 e. The quantitative estimate of drug-likeness (QED) is 0.644. The van der Waals surface area contributed by atoms with Crippen LogP contribution in [-0.2, 0) is 4.79 Å². The van der Waals surface area contributed by atoms with Crippen molar-refractivity contribution in [3.63, 3.8) is 0 Å². The monoisotopic (exact) mass is 234 g/mol. The Kier molecular flexibility index (Phi) is 3.80. The van der Waals surface area contributed by atoms with E-state index in [0.717, 1.165) is 24.5 Å². The second kappa shape index (κ2) is 5.52. The molecule has 3 N–H and O–H groups in total. The zero-order valence-corrected chi connectivity index (χ0v) is 9.99. The molecule has 0 aromatic carbocycles. The van der Waals surface area contributed by atoms with E-state index in [1.165, 1.54) is 0 Å². The summed E-state index contributed by atoms with van der Waals surface area (Å²) >= 11 is 0. The number of rotatable bonds is 6. The third kappa shape index (κ3) is 3.62. The maximum Gasteiger partial charge on any atom is 0.223 e. The van der Waals surface area contributed by atoms with E-state index in [4.69, 9.17) is 0 Å². The first kappa shape index (κ1) is 11.7. The number of aromatic nitrogens is 1. The van der Waals surface area contributed by atoms with Gasteiger partial charge in [0.2, 0.25) is 5.91 Å². The summed E-state index contributed by atoms with van der Waals surface area (Å²) in [5.74, 6) is 2.11. The van der Waals surface area contributed by atoms with Gasteiger partial charge in [0, 0.05) is 26.1 Å². The standard InChI is InChI=1S/C12H18N4O/c1-13-10-3-2-4-11(16-10)14-7-8-15-12(17)9-5-6-9/h2-4,9H,5-8H2,1H3,(H,15,17)(H2,13,14,16). The second-order valence-corrected chi connectivity index (χ2v) is 4.15. The molecule has 1 aromatic rings. The van der Waals surface area contributed by atoms with Gasteiger partial charge in [-0.3, -0.25) is 4.79 Å². The molecule has 5 nitrogen and oxygen atoms in total. The number of carbonyl (C=O) groups is 1. The van der Waals surface area contributed by atoms with Gasteiger partial charge in [0.05, 0.1) is 0 Å². The summed E-state index contributed by atoms with van der Waals surface area (Å²) in [5.41, 5.74) is 0. The highest BCUT2D eigenvalue weighted by molar-refractivity contribution is 5.80. The van der Waals surface area contributed by atoms with Gasteiger partial charge < -0.3 is 16.0 Å². The van der Waals surface area contributed by atoms with E-state index in [1.54, 1.807) is 0 Å². The topological polar surface area (TPSA) is 66.0 Å². The molecular formula is C12H18N4O. The minimum Gasteiger partial charge on any atom is -0.373 e. The van der Waals surface area contributed by atoms with Crippen molar-refractivity contribution in [2.45, 2.75) is 12.8 Å². The van der Waals surface area contributed by atoms with Gasteiger partial charge in [0.15, 0.2) is 0 Å². The van der Waals surface area contributed by atoms with Gasteiger partial charge in [-0.25, -0.2) is 4.98 Å². The Bertz CT molecular complexity index is 390. The first-order chi connectivity index (χ1) is 8.29. The van der Waals surface area contributed by atoms with Crippen LogP contribution in [0.1, 0.15) is 12.8 Å². The molecule has 2 rings (SSSR count). The molecule has 1 amide bonds. The summed E-state index contributed by atoms with van der Waals surface area (Å²) in [4.78, 5) is 15.7. The average molecular weight is 234 g/mol. The minimum absolute atomic E-state index is 0.184. The average Bonchev–Trinajstić information content (AvgIpc) is 3.19. The highest BCUT2D eigenvalue weighted by Crippen LogP contribution is 2.28. The summed E-state index contributed by atoms with van der Waals surface area (Å²) < 4.78 is 0. The summed E-state index contributed by atoms with van der Waals surface area (Å²) in [6.45, 7) is 1.33. The predicted molar refractivity (Wildman–Crippen MR) is 68.0 cm³/mol. The lowest BCUT2D eigenvalue weighted by Crippen LogP contribution is -2.29. The maximum atomic E-state index is 11.4. The molecule has 0 aliphatic heterocycles. The molecule has 0 atom stereocenters. The molecule has 17 heavy (non-hydrogen) atoms. The molecule has 5 heteroatoms. The number of pyridine rings is 1. The van der Waals surface area contributed by atoms with Gasteiger partial charge in [-0.15, -0.1) is 0 Å². The van der Waals surface area contributed by atoms with E-state index in [0.29, 0.717) is 13.1 Å². The number of nitrogens with zero attached hydrogens (tertiary/aromatic N) is 1. The van der Waals surface area contributed by atoms with Crippen molar-refractivity contribution in [2.24, 2.45) is 5.92 Å². The van der Waals surface area contributed by atoms with E-state index in [2.05, 4.69) is 20.9 Å². The van der Waals surface area contributed by atoms with Crippen molar-refractivity contribution in [2.75, 3.05) is 30.8 Å². The summed E-state index contributed by atoms with van der Waals surface area (Å²) in [7, 11) is 1.84. The normalized spacial score (nSPS) is 14.2. The molecular weight excluding hydrogens is 216 g/mol. The summed E-state index contributed by atoms with van der Waals surface area (Å²) in [5, 5.41) is 9.05. The maximum absolute atomic E-state index is 11.4. The lowest BCUT2D eigenvalue weighted by molar-refractivity contribution is -0.122. The number of hydrogen-bond acceptors (Lipinski definition) is 4. The Balaban J connectivity index is 1.68. The second-order valence-electron chi connectivity index (χ2n) is 4.15. The summed E-state index contributed by atoms with van der Waals surface area (Å²) in [6.07, 6.45) is 2.09. The fourth-order valence-electron chi connectivity index (χ4n) is 1.54. The van der Waals surface area contributed by atoms with Crippen molar-refractivity contribution in [1.82, 2.24) is 10.3 Å². The van der Waals surface area contributed by atoms with Crippen LogP contribution < -0.4 is 16.0 Å². The van der Waals surface area contributed by atoms with Crippen molar-refractivity contribution in [3.05, 3.63) is 18.2 Å². The zero-order chi connectivity index (χ0) is 12.1. The molecule has 0 bridgehead atoms. The lowest BCUT2D eigenvalue weighted by Gasteiger charge is -2.08. The lowest BCUT2D eigenvalue weighted by atomic mass is 10.4. The van der Waals surface area contributed by atoms with Gasteiger partial charge in [-0.2, -0.15) is 0 Å². The number of anilines is 2. The Morgan fingerprint density at radius 1 is 1.35 bits per heavy atom. The van der Waals surface area contributed by atoms with Crippen molar-refractivity contribution in [3.8, 4) is 0 Å². The number of amides is 1. The van der Waals surface area contributed by atoms with E-state index < -0.39 is 0 Å². The molecule has 1 heterocycles. The highest BCUT2D eigenvalue weighted by Gasteiger charge is 2.28. The predicted octanol–water partition coefficient (Wildman–Crippen LogP) is 1.06. The van der Waals surface area contributed by atoms with Crippen LogP contribution in [0, 0.1) is 5.92 Å². The van der Waals surface area contributed by atoms with Crippen LogP contribution in [0.3, 0.4) is 0 Å². The van der Waals surface area contributed by atoms with Gasteiger partial charge in [0.25, 0.3) is 0 Å². The smallest absolute Gasteiger partial charge is 0.223 e. The van der Waals surface area contributed by atoms with Gasteiger partial charge in [-0.05, 0) is 25.0 Å². The third-order valence-corrected chi connectivity index (χ3v) is 2.68. The zero-order valence-electron chi connectivity index (χ0n) is 9.99. The molecule has 1 aromatic heterocycles. The van der Waals surface area contributed by atoms with Crippen LogP contribution in [0.4, 0.5) is 11.6 Å². The van der Waals surface area contributed by atoms with Gasteiger partial charge in [-0.1, -0.05) is 6.07 Å². The van der Waals surface area contributed by atoms with Crippen molar-refractivity contribution in [1.29, 1.82) is 0 Å². The molecule has 1 aliphatic carbocycles. The molecule has 0 unspecified atom stereocenters. The van der Waals surface area contributed by atoms with Crippen LogP contribution in [-0.4, -0.2) is 31.0 Å². The highest BCUT2D eigenvalue weighted by atomic mass is 16.2. The Hall–Kier alpha value is -1.78. The molecule has 0 spiro atoms. The van der Waals surface area contributed by atoms with E-state index in [1.807, 2.05) is 25.2 Å². The van der Waals surface area contributed by atoms with Crippen LogP contribution >= 0.6 is 0 Å². The van der Waals surface area contributed by atoms with Crippen LogP contribution in [0.2, 0.25) is 0 Å². The third-order valence-electron chi connectivity index (χ3n) is 2.68. The van der Waals surface area contributed by atoms with Crippen LogP contribution in [0.15, 0.2) is 18.2 Å². The Morgan fingerprint density at radius 3 is 2.82 bits per heavy atom. The Labute approximate surface area is 101 Å². The molecule has 1 aliphatic rings. The Morgan fingerprint density at radius 2 is 2.12 bits per heavy atom. The number of nitrogens with one attached hydrogen (secondary N) is 3. The molecule has 1 saturated carbocycles. The van der Waals surface area contributed by atoms with Crippen molar-refractivity contribution >= 4 is 17.5 Å². The number of hydrogen-bond donors (Lipinski definition) is 3. The van der Waals surface area contributed by atoms with Crippen molar-refractivity contribution < 1.29 is 4.79 Å². The first-order valence-corrected chi connectivity index (χ1v) is 5.96. The molecule has 0 radical (unpaired) electrons. The van der Waals surface area contributed by atoms with Crippen LogP contribution in [0.25, 0.3) is 0 Å².